The molecule has 3 aliphatic carbocycles. The number of carbonyl (C=O) groups is 1. The van der Waals surface area contributed by atoms with E-state index in [0.29, 0.717) is 49.6 Å². The number of nitrogens with zero attached hydrogens (tertiary/aromatic N) is 1. The van der Waals surface area contributed by atoms with Gasteiger partial charge in [-0.15, -0.1) is 11.3 Å². The summed E-state index contributed by atoms with van der Waals surface area (Å²) in [5, 5.41) is 11.5. The van der Waals surface area contributed by atoms with E-state index in [-0.39, 0.29) is 41.6 Å². The van der Waals surface area contributed by atoms with E-state index in [1.54, 1.807) is 16.2 Å². The Morgan fingerprint density at radius 1 is 1.10 bits per heavy atom. The monoisotopic (exact) mass is 731 g/mol. The van der Waals surface area contributed by atoms with Crippen molar-refractivity contribution in [3.05, 3.63) is 51.2 Å². The fourth-order valence-corrected chi connectivity index (χ4v) is 11.4. The number of halogens is 5. The summed E-state index contributed by atoms with van der Waals surface area (Å²) in [4.78, 5) is 16.2. The fourth-order valence-electron chi connectivity index (χ4n) is 9.31. The summed E-state index contributed by atoms with van der Waals surface area (Å²) < 4.78 is 89.1. The van der Waals surface area contributed by atoms with Gasteiger partial charge in [-0.3, -0.25) is 4.21 Å². The van der Waals surface area contributed by atoms with Crippen molar-refractivity contribution in [1.82, 2.24) is 4.90 Å². The van der Waals surface area contributed by atoms with Gasteiger partial charge in [0, 0.05) is 40.1 Å². The molecule has 0 spiro atoms. The molecule has 13 heteroatoms. The van der Waals surface area contributed by atoms with Crippen LogP contribution in [0.15, 0.2) is 29.6 Å². The minimum atomic E-state index is -5.60. The van der Waals surface area contributed by atoms with Gasteiger partial charge in [0.2, 0.25) is 0 Å². The third-order valence-electron chi connectivity index (χ3n) is 11.7. The van der Waals surface area contributed by atoms with Gasteiger partial charge in [0.1, 0.15) is 5.75 Å². The molecule has 1 amide bonds. The van der Waals surface area contributed by atoms with Gasteiger partial charge in [0.05, 0.1) is 25.9 Å². The van der Waals surface area contributed by atoms with Crippen molar-refractivity contribution >= 4 is 28.2 Å². The lowest BCUT2D eigenvalue weighted by Gasteiger charge is -2.53. The molecule has 2 heterocycles. The summed E-state index contributed by atoms with van der Waals surface area (Å²) in [6.07, 6.45) is -0.925. The van der Waals surface area contributed by atoms with Crippen LogP contribution in [0.2, 0.25) is 0 Å². The Morgan fingerprint density at radius 2 is 1.90 bits per heavy atom. The molecule has 6 nitrogen and oxygen atoms in total. The molecular formula is C36H46F5NO5S2. The molecule has 2 fully saturated rings. The van der Waals surface area contributed by atoms with E-state index >= 15 is 0 Å². The topological polar surface area (TPSA) is 76.1 Å². The highest BCUT2D eigenvalue weighted by Gasteiger charge is 2.58. The normalized spacial score (nSPS) is 28.7. The molecule has 1 aromatic carbocycles. The number of hydrogen-bond acceptors (Lipinski definition) is 6. The van der Waals surface area contributed by atoms with E-state index < -0.39 is 35.7 Å². The fraction of sp³-hybridized carbons (Fsp3) is 0.694. The number of ether oxygens (including phenoxy) is 2. The van der Waals surface area contributed by atoms with Crippen LogP contribution in [-0.2, 0) is 34.9 Å². The van der Waals surface area contributed by atoms with E-state index in [2.05, 4.69) is 19.1 Å². The maximum atomic E-state index is 13.3. The number of aliphatic hydroxyl groups is 1. The van der Waals surface area contributed by atoms with Crippen LogP contribution in [0.5, 0.6) is 5.75 Å². The Labute approximate surface area is 291 Å². The molecule has 49 heavy (non-hydrogen) atoms. The largest absolute Gasteiger partial charge is 0.453 e. The number of amides is 1. The van der Waals surface area contributed by atoms with E-state index in [1.807, 2.05) is 17.5 Å². The lowest BCUT2D eigenvalue weighted by molar-refractivity contribution is -0.284. The van der Waals surface area contributed by atoms with Crippen LogP contribution >= 0.6 is 11.3 Å². The maximum absolute atomic E-state index is 13.3. The average molecular weight is 732 g/mol. The molecule has 0 saturated heterocycles. The standard InChI is InChI=1S/C36H46F5NO5S2/c1-34-13-9-28-27-6-5-26(47-33(44)42-14-10-30-24(22-42)11-17-48-30)21-25(27)20-23(32(28)29(34)7-8-31(34)46-16-15-43)4-2-18-49(45)19-3-12-35(37,38)36(39,40)41/h5-6,11,17,21,23,28-29,31-32,43H,2-4,7-10,12-16,18-20,22H2,1H3/t23-,28-,29+,31+,32-,34+,49?/m1/s1. The number of aliphatic hydroxyl groups excluding tert-OH is 1. The van der Waals surface area contributed by atoms with Crippen LogP contribution in [0, 0.1) is 23.2 Å². The minimum Gasteiger partial charge on any atom is -0.410 e. The van der Waals surface area contributed by atoms with Crippen LogP contribution in [0.1, 0.15) is 85.8 Å². The molecule has 2 saturated carbocycles. The van der Waals surface area contributed by atoms with Gasteiger partial charge in [-0.2, -0.15) is 22.0 Å². The van der Waals surface area contributed by atoms with Crippen LogP contribution in [0.25, 0.3) is 0 Å². The van der Waals surface area contributed by atoms with Gasteiger partial charge in [0.25, 0.3) is 0 Å². The molecule has 0 radical (unpaired) electrons. The number of thiophene rings is 1. The first-order valence-corrected chi connectivity index (χ1v) is 19.8. The van der Waals surface area contributed by atoms with E-state index in [4.69, 9.17) is 9.47 Å². The summed E-state index contributed by atoms with van der Waals surface area (Å²) in [7, 11) is -1.49. The van der Waals surface area contributed by atoms with Gasteiger partial charge in [-0.25, -0.2) is 4.79 Å². The van der Waals surface area contributed by atoms with Gasteiger partial charge in [-0.05, 0) is 127 Å². The molecule has 7 atom stereocenters. The molecule has 0 bridgehead atoms. The second-order valence-corrected chi connectivity index (χ2v) is 17.2. The van der Waals surface area contributed by atoms with Crippen LogP contribution in [-0.4, -0.2) is 69.8 Å². The molecule has 1 aromatic heterocycles. The zero-order valence-corrected chi connectivity index (χ0v) is 29.5. The minimum absolute atomic E-state index is 0.0238. The maximum Gasteiger partial charge on any atom is 0.453 e. The van der Waals surface area contributed by atoms with Crippen molar-refractivity contribution < 1.29 is 45.5 Å². The van der Waals surface area contributed by atoms with E-state index in [1.165, 1.54) is 10.4 Å². The van der Waals surface area contributed by atoms with E-state index in [0.717, 1.165) is 56.1 Å². The zero-order valence-electron chi connectivity index (χ0n) is 27.8. The Balaban J connectivity index is 1.15. The van der Waals surface area contributed by atoms with E-state index in [9.17, 15) is 36.1 Å². The molecule has 1 unspecified atom stereocenters. The van der Waals surface area contributed by atoms with Crippen molar-refractivity contribution in [2.45, 2.75) is 102 Å². The summed E-state index contributed by atoms with van der Waals surface area (Å²) in [5.74, 6) is -2.94. The van der Waals surface area contributed by atoms with Crippen molar-refractivity contribution in [2.24, 2.45) is 23.2 Å². The highest BCUT2D eigenvalue weighted by molar-refractivity contribution is 7.84. The summed E-state index contributed by atoms with van der Waals surface area (Å²) in [6.45, 7) is 3.73. The third-order valence-corrected chi connectivity index (χ3v) is 14.2. The Bertz CT molecular complexity index is 1500. The zero-order chi connectivity index (χ0) is 35.0. The lowest BCUT2D eigenvalue weighted by Crippen LogP contribution is -2.48. The van der Waals surface area contributed by atoms with Crippen LogP contribution in [0.3, 0.4) is 0 Å². The van der Waals surface area contributed by atoms with Crippen LogP contribution in [0.4, 0.5) is 26.7 Å². The van der Waals surface area contributed by atoms with Gasteiger partial charge >= 0.3 is 18.2 Å². The van der Waals surface area contributed by atoms with Crippen molar-refractivity contribution in [2.75, 3.05) is 31.3 Å². The quantitative estimate of drug-likeness (QED) is 0.223. The van der Waals surface area contributed by atoms with Crippen molar-refractivity contribution in [3.8, 4) is 5.75 Å². The Hall–Kier alpha value is -2.09. The number of carbonyl (C=O) groups excluding carboxylic acids is 1. The predicted octanol–water partition coefficient (Wildman–Crippen LogP) is 8.27. The van der Waals surface area contributed by atoms with Gasteiger partial charge in [0.15, 0.2) is 0 Å². The SMILES string of the molecule is C[C@]12CC[C@@H]3c4ccc(OC(=O)N5CCc6sccc6C5)cc4C[C@@H](CCCS(=O)CCCC(F)(F)C(F)(F)F)[C@H]3[C@@H]1CC[C@@H]2OCCO. The van der Waals surface area contributed by atoms with Gasteiger partial charge < -0.3 is 19.5 Å². The first kappa shape index (κ1) is 36.7. The number of benzene rings is 1. The first-order chi connectivity index (χ1) is 23.3. The molecule has 272 valence electrons. The van der Waals surface area contributed by atoms with Gasteiger partial charge in [-0.1, -0.05) is 13.0 Å². The van der Waals surface area contributed by atoms with Crippen molar-refractivity contribution in [3.63, 3.8) is 0 Å². The highest BCUT2D eigenvalue weighted by atomic mass is 32.2. The van der Waals surface area contributed by atoms with Crippen molar-refractivity contribution in [1.29, 1.82) is 0 Å². The Morgan fingerprint density at radius 3 is 2.67 bits per heavy atom. The second-order valence-electron chi connectivity index (χ2n) is 14.5. The molecule has 1 aliphatic heterocycles. The molecule has 4 aliphatic rings. The Kier molecular flexibility index (Phi) is 11.1. The predicted molar refractivity (Wildman–Crippen MR) is 179 cm³/mol. The third kappa shape index (κ3) is 7.74. The van der Waals surface area contributed by atoms with Crippen LogP contribution < -0.4 is 4.74 Å². The summed E-state index contributed by atoms with van der Waals surface area (Å²) >= 11 is 1.71. The summed E-state index contributed by atoms with van der Waals surface area (Å²) in [5.41, 5.74) is 3.54. The molecule has 2 aromatic rings. The smallest absolute Gasteiger partial charge is 0.410 e. The highest BCUT2D eigenvalue weighted by Crippen LogP contribution is 2.63. The molecular weight excluding hydrogens is 686 g/mol. The number of fused-ring (bicyclic) bond motifs is 6. The number of hydrogen-bond donors (Lipinski definition) is 1. The second kappa shape index (κ2) is 14.9. The lowest BCUT2D eigenvalue weighted by atomic mass is 9.52. The summed E-state index contributed by atoms with van der Waals surface area (Å²) in [6, 6.07) is 8.06. The molecule has 6 rings (SSSR count). The number of alkyl halides is 5. The first-order valence-electron chi connectivity index (χ1n) is 17.5. The number of rotatable bonds is 12. The molecule has 1 N–H and O–H groups in total. The average Bonchev–Trinajstić information content (AvgIpc) is 3.66.